The lowest BCUT2D eigenvalue weighted by atomic mass is 9.62. The van der Waals surface area contributed by atoms with E-state index in [-0.39, 0.29) is 36.7 Å². The van der Waals surface area contributed by atoms with Crippen LogP contribution >= 0.6 is 0 Å². The maximum Gasteiger partial charge on any atom is 0.255 e. The minimum Gasteiger partial charge on any atom is -0.512 e. The Labute approximate surface area is 211 Å². The number of halogens is 2. The van der Waals surface area contributed by atoms with E-state index in [2.05, 4.69) is 4.90 Å². The van der Waals surface area contributed by atoms with E-state index in [4.69, 9.17) is 14.5 Å². The van der Waals surface area contributed by atoms with Crippen LogP contribution in [0.3, 0.4) is 0 Å². The van der Waals surface area contributed by atoms with Crippen LogP contribution in [0.15, 0.2) is 72.1 Å². The van der Waals surface area contributed by atoms with Gasteiger partial charge < -0.3 is 19.5 Å². The average Bonchev–Trinajstić information content (AvgIpc) is 2.90. The second-order valence-corrected chi connectivity index (χ2v) is 10.2. The van der Waals surface area contributed by atoms with Gasteiger partial charge in [-0.1, -0.05) is 48.0 Å². The topological polar surface area (TPSA) is 54.8 Å². The normalized spacial score (nSPS) is 26.4. The van der Waals surface area contributed by atoms with Crippen LogP contribution in [0.1, 0.15) is 48.6 Å². The summed E-state index contributed by atoms with van der Waals surface area (Å²) in [6, 6.07) is 13.6. The molecule has 3 aliphatic rings. The van der Waals surface area contributed by atoms with E-state index >= 15 is 8.78 Å². The SMILES string of the molecule is COC(OC)C1CCN(c2ccc([C@H]3C4=CC=C(O)CC4C(F)(F)C[C@H]3c3ccccc3)cn2)CC1. The highest BCUT2D eigenvalue weighted by molar-refractivity contribution is 5.46. The molecule has 5 rings (SSSR count). The molecule has 1 aromatic carbocycles. The predicted octanol–water partition coefficient (Wildman–Crippen LogP) is 6.21. The molecule has 3 atom stereocenters. The van der Waals surface area contributed by atoms with Gasteiger partial charge in [-0.3, -0.25) is 0 Å². The lowest BCUT2D eigenvalue weighted by Crippen LogP contribution is -2.41. The summed E-state index contributed by atoms with van der Waals surface area (Å²) in [7, 11) is 3.35. The molecule has 0 spiro atoms. The Kier molecular flexibility index (Phi) is 7.13. The van der Waals surface area contributed by atoms with Crippen molar-refractivity contribution >= 4 is 5.82 Å². The van der Waals surface area contributed by atoms with E-state index in [1.807, 2.05) is 48.7 Å². The van der Waals surface area contributed by atoms with Crippen molar-refractivity contribution in [2.75, 3.05) is 32.2 Å². The van der Waals surface area contributed by atoms with Crippen molar-refractivity contribution in [2.45, 2.75) is 49.7 Å². The first-order chi connectivity index (χ1) is 17.4. The fraction of sp³-hybridized carbons (Fsp3) is 0.483. The smallest absolute Gasteiger partial charge is 0.255 e. The Balaban J connectivity index is 1.42. The fourth-order valence-corrected chi connectivity index (χ4v) is 6.29. The summed E-state index contributed by atoms with van der Waals surface area (Å²) in [6.07, 6.45) is 6.57. The van der Waals surface area contributed by atoms with Crippen LogP contribution in [0.25, 0.3) is 0 Å². The van der Waals surface area contributed by atoms with Crippen molar-refractivity contribution in [2.24, 2.45) is 11.8 Å². The minimum absolute atomic E-state index is 0.0152. The first-order valence-electron chi connectivity index (χ1n) is 12.7. The van der Waals surface area contributed by atoms with Crippen LogP contribution in [0.2, 0.25) is 0 Å². The molecule has 2 fully saturated rings. The third kappa shape index (κ3) is 4.78. The molecular formula is C29H34F2N2O3. The van der Waals surface area contributed by atoms with Gasteiger partial charge in [-0.05, 0) is 36.1 Å². The zero-order chi connectivity index (χ0) is 25.3. The second kappa shape index (κ2) is 10.3. The van der Waals surface area contributed by atoms with Gasteiger partial charge in [0.05, 0.1) is 11.7 Å². The van der Waals surface area contributed by atoms with Crippen molar-refractivity contribution < 1.29 is 23.4 Å². The zero-order valence-corrected chi connectivity index (χ0v) is 20.8. The molecule has 1 N–H and O–H groups in total. The molecular weight excluding hydrogens is 462 g/mol. The highest BCUT2D eigenvalue weighted by Gasteiger charge is 2.53. The summed E-state index contributed by atoms with van der Waals surface area (Å²) in [5, 5.41) is 10.0. The van der Waals surface area contributed by atoms with Gasteiger partial charge in [0.2, 0.25) is 0 Å². The van der Waals surface area contributed by atoms with Gasteiger partial charge in [-0.25, -0.2) is 13.8 Å². The Morgan fingerprint density at radius 2 is 1.72 bits per heavy atom. The molecule has 0 radical (unpaired) electrons. The maximum absolute atomic E-state index is 15.4. The molecule has 192 valence electrons. The number of alkyl halides is 2. The molecule has 5 nitrogen and oxygen atoms in total. The third-order valence-electron chi connectivity index (χ3n) is 8.12. The van der Waals surface area contributed by atoms with Gasteiger partial charge in [0.15, 0.2) is 6.29 Å². The van der Waals surface area contributed by atoms with E-state index in [9.17, 15) is 5.11 Å². The molecule has 1 aliphatic heterocycles. The molecule has 2 aromatic rings. The molecule has 1 saturated heterocycles. The lowest BCUT2D eigenvalue weighted by molar-refractivity contribution is -0.141. The average molecular weight is 497 g/mol. The van der Waals surface area contributed by atoms with E-state index in [1.165, 1.54) is 0 Å². The van der Waals surface area contributed by atoms with Crippen molar-refractivity contribution in [1.29, 1.82) is 0 Å². The van der Waals surface area contributed by atoms with Gasteiger partial charge in [0, 0.05) is 64.1 Å². The summed E-state index contributed by atoms with van der Waals surface area (Å²) in [5.74, 6) is -3.23. The van der Waals surface area contributed by atoms with Crippen LogP contribution < -0.4 is 4.90 Å². The molecule has 36 heavy (non-hydrogen) atoms. The number of pyridine rings is 1. The summed E-state index contributed by atoms with van der Waals surface area (Å²) < 4.78 is 41.6. The van der Waals surface area contributed by atoms with Crippen LogP contribution in [-0.4, -0.2) is 49.6 Å². The number of anilines is 1. The number of hydrogen-bond donors (Lipinski definition) is 1. The highest BCUT2D eigenvalue weighted by Crippen LogP contribution is 2.57. The summed E-state index contributed by atoms with van der Waals surface area (Å²) in [6.45, 7) is 1.72. The zero-order valence-electron chi connectivity index (χ0n) is 20.8. The van der Waals surface area contributed by atoms with E-state index in [0.29, 0.717) is 11.5 Å². The number of methoxy groups -OCH3 is 2. The number of allylic oxidation sites excluding steroid dienone is 4. The number of benzene rings is 1. The van der Waals surface area contributed by atoms with Gasteiger partial charge in [0.1, 0.15) is 5.82 Å². The number of nitrogens with zero attached hydrogens (tertiary/aromatic N) is 2. The first kappa shape index (κ1) is 24.9. The van der Waals surface area contributed by atoms with E-state index in [1.54, 1.807) is 26.4 Å². The van der Waals surface area contributed by atoms with Crippen molar-refractivity contribution in [3.63, 3.8) is 0 Å². The van der Waals surface area contributed by atoms with E-state index < -0.39 is 11.8 Å². The summed E-state index contributed by atoms with van der Waals surface area (Å²) >= 11 is 0. The van der Waals surface area contributed by atoms with Gasteiger partial charge >= 0.3 is 0 Å². The number of rotatable bonds is 6. The molecule has 0 amide bonds. The predicted molar refractivity (Wildman–Crippen MR) is 135 cm³/mol. The number of aliphatic hydroxyl groups is 1. The fourth-order valence-electron chi connectivity index (χ4n) is 6.29. The van der Waals surface area contributed by atoms with Gasteiger partial charge in [-0.15, -0.1) is 0 Å². The largest absolute Gasteiger partial charge is 0.512 e. The molecule has 1 aromatic heterocycles. The maximum atomic E-state index is 15.4. The molecule has 1 saturated carbocycles. The van der Waals surface area contributed by atoms with Gasteiger partial charge in [0.25, 0.3) is 5.92 Å². The standard InChI is InChI=1S/C29H34F2N2O3/c1-35-28(36-2)20-12-14-33(15-13-20)26-11-8-21(18-32-26)27-23-10-9-22(34)16-25(23)29(30,31)17-24(27)19-6-4-3-5-7-19/h3-11,18,20,24-25,27-28,34H,12-17H2,1-2H3/t24-,25?,27-/m0/s1. The summed E-state index contributed by atoms with van der Waals surface area (Å²) in [4.78, 5) is 7.05. The van der Waals surface area contributed by atoms with Crippen LogP contribution in [0.4, 0.5) is 14.6 Å². The number of aliphatic hydroxyl groups excluding tert-OH is 1. The van der Waals surface area contributed by atoms with Crippen molar-refractivity contribution in [3.8, 4) is 0 Å². The summed E-state index contributed by atoms with van der Waals surface area (Å²) in [5.41, 5.74) is 2.51. The number of ether oxygens (including phenoxy) is 2. The molecule has 1 unspecified atom stereocenters. The molecule has 7 heteroatoms. The Bertz CT molecular complexity index is 1090. The number of aromatic nitrogens is 1. The van der Waals surface area contributed by atoms with Crippen molar-refractivity contribution in [3.05, 3.63) is 83.3 Å². The molecule has 2 aliphatic carbocycles. The number of piperidine rings is 1. The molecule has 0 bridgehead atoms. The Hall–Kier alpha value is -2.77. The quantitative estimate of drug-likeness (QED) is 0.482. The van der Waals surface area contributed by atoms with E-state index in [0.717, 1.165) is 42.9 Å². The van der Waals surface area contributed by atoms with Crippen molar-refractivity contribution in [1.82, 2.24) is 4.98 Å². The first-order valence-corrected chi connectivity index (χ1v) is 12.7. The highest BCUT2D eigenvalue weighted by atomic mass is 19.3. The number of hydrogen-bond acceptors (Lipinski definition) is 5. The molecule has 2 heterocycles. The Morgan fingerprint density at radius 3 is 2.36 bits per heavy atom. The lowest BCUT2D eigenvalue weighted by Gasteiger charge is -2.45. The van der Waals surface area contributed by atoms with Crippen LogP contribution in [-0.2, 0) is 9.47 Å². The van der Waals surface area contributed by atoms with Crippen LogP contribution in [0, 0.1) is 11.8 Å². The second-order valence-electron chi connectivity index (χ2n) is 10.2. The van der Waals surface area contributed by atoms with Gasteiger partial charge in [-0.2, -0.15) is 0 Å². The monoisotopic (exact) mass is 496 g/mol. The number of fused-ring (bicyclic) bond motifs is 1. The Morgan fingerprint density at radius 1 is 1.00 bits per heavy atom. The third-order valence-corrected chi connectivity index (χ3v) is 8.12. The van der Waals surface area contributed by atoms with Crippen LogP contribution in [0.5, 0.6) is 0 Å². The minimum atomic E-state index is -2.90.